The minimum atomic E-state index is -0.997. The topological polar surface area (TPSA) is 79.5 Å². The fourth-order valence-corrected chi connectivity index (χ4v) is 5.88. The first-order valence-electron chi connectivity index (χ1n) is 12.5. The molecule has 1 aliphatic carbocycles. The van der Waals surface area contributed by atoms with Crippen molar-refractivity contribution in [3.63, 3.8) is 0 Å². The Kier molecular flexibility index (Phi) is 6.75. The van der Waals surface area contributed by atoms with Crippen molar-refractivity contribution in [2.45, 2.75) is 50.4 Å². The summed E-state index contributed by atoms with van der Waals surface area (Å²) in [7, 11) is 4.20. The highest BCUT2D eigenvalue weighted by Gasteiger charge is 2.48. The molecule has 1 saturated carbocycles. The number of hydrogen-bond acceptors (Lipinski definition) is 6. The molecule has 184 valence electrons. The molecule has 2 aliphatic heterocycles. The van der Waals surface area contributed by atoms with Crippen LogP contribution in [0, 0.1) is 5.92 Å². The molecule has 2 aromatic rings. The van der Waals surface area contributed by atoms with Crippen LogP contribution in [0.4, 0.5) is 4.39 Å². The SMILES string of the molecule is CCc1cc(O)ccc1C1CCC2C(c3ncc(C4=CCN(CCN(C)C)C4)[nH]3)NNC2C1F. The summed E-state index contributed by atoms with van der Waals surface area (Å²) in [5, 5.41) is 9.85. The summed E-state index contributed by atoms with van der Waals surface area (Å²) in [5.41, 5.74) is 11.0. The monoisotopic (exact) mass is 468 g/mol. The predicted molar refractivity (Wildman–Crippen MR) is 132 cm³/mol. The smallest absolute Gasteiger partial charge is 0.125 e. The van der Waals surface area contributed by atoms with Crippen LogP contribution in [-0.2, 0) is 6.42 Å². The Hall–Kier alpha value is -2.26. The minimum absolute atomic E-state index is 0.0322. The highest BCUT2D eigenvalue weighted by atomic mass is 19.1. The van der Waals surface area contributed by atoms with Gasteiger partial charge in [0.05, 0.1) is 24.0 Å². The Morgan fingerprint density at radius 1 is 1.24 bits per heavy atom. The van der Waals surface area contributed by atoms with Gasteiger partial charge in [-0.2, -0.15) is 0 Å². The fourth-order valence-electron chi connectivity index (χ4n) is 5.88. The molecule has 0 amide bonds. The lowest BCUT2D eigenvalue weighted by molar-refractivity contribution is 0.135. The minimum Gasteiger partial charge on any atom is -0.508 e. The number of halogens is 1. The van der Waals surface area contributed by atoms with Gasteiger partial charge in [0, 0.05) is 38.0 Å². The van der Waals surface area contributed by atoms with Gasteiger partial charge in [0.15, 0.2) is 0 Å². The zero-order valence-electron chi connectivity index (χ0n) is 20.4. The van der Waals surface area contributed by atoms with Gasteiger partial charge in [-0.05, 0) is 62.2 Å². The number of fused-ring (bicyclic) bond motifs is 1. The number of phenols is 1. The third kappa shape index (κ3) is 4.52. The number of aromatic amines is 1. The van der Waals surface area contributed by atoms with E-state index in [-0.39, 0.29) is 29.7 Å². The summed E-state index contributed by atoms with van der Waals surface area (Å²) in [4.78, 5) is 12.9. The van der Waals surface area contributed by atoms with Gasteiger partial charge in [0.2, 0.25) is 0 Å². The highest BCUT2D eigenvalue weighted by molar-refractivity contribution is 5.66. The molecular formula is C26H37FN6O. The molecule has 1 saturated heterocycles. The zero-order chi connectivity index (χ0) is 23.8. The molecule has 3 heterocycles. The molecule has 1 aromatic heterocycles. The molecule has 3 aliphatic rings. The first-order valence-corrected chi connectivity index (χ1v) is 12.5. The number of aromatic nitrogens is 2. The summed E-state index contributed by atoms with van der Waals surface area (Å²) < 4.78 is 15.8. The maximum atomic E-state index is 15.8. The molecule has 2 fully saturated rings. The fraction of sp³-hybridized carbons (Fsp3) is 0.577. The van der Waals surface area contributed by atoms with Crippen LogP contribution >= 0.6 is 0 Å². The normalized spacial score (nSPS) is 29.6. The number of likely N-dealkylation sites (N-methyl/N-ethyl adjacent to an activating group) is 1. The number of phenolic OH excluding ortho intramolecular Hbond substituents is 1. The van der Waals surface area contributed by atoms with Gasteiger partial charge in [-0.15, -0.1) is 0 Å². The Bertz CT molecular complexity index is 1040. The number of benzene rings is 1. The lowest BCUT2D eigenvalue weighted by Crippen LogP contribution is -2.45. The van der Waals surface area contributed by atoms with E-state index >= 15 is 4.39 Å². The molecule has 5 atom stereocenters. The standard InChI is InChI=1S/C26H37FN6O/c1-4-16-13-18(34)5-6-19(16)20-7-8-21-24(23(20)27)30-31-25(21)26-28-14-22(29-26)17-9-10-33(15-17)12-11-32(2)3/h5-6,9,13-14,20-21,23-25,30-31,34H,4,7-8,10-12,15H2,1-3H3,(H,28,29). The number of hydrogen-bond donors (Lipinski definition) is 4. The quantitative estimate of drug-likeness (QED) is 0.500. The second kappa shape index (κ2) is 9.77. The number of alkyl halides is 1. The van der Waals surface area contributed by atoms with Crippen LogP contribution in [0.3, 0.4) is 0 Å². The summed E-state index contributed by atoms with van der Waals surface area (Å²) in [6.07, 6.45) is 5.70. The van der Waals surface area contributed by atoms with Crippen LogP contribution in [0.15, 0.2) is 30.5 Å². The first kappa shape index (κ1) is 23.5. The Balaban J connectivity index is 1.25. The van der Waals surface area contributed by atoms with Crippen LogP contribution in [0.25, 0.3) is 5.57 Å². The summed E-state index contributed by atoms with van der Waals surface area (Å²) in [5.74, 6) is 1.11. The molecule has 1 aromatic carbocycles. The molecule has 5 unspecified atom stereocenters. The molecule has 0 radical (unpaired) electrons. The molecular weight excluding hydrogens is 431 g/mol. The van der Waals surface area contributed by atoms with E-state index in [2.05, 4.69) is 52.7 Å². The number of rotatable bonds is 7. The Morgan fingerprint density at radius 3 is 2.88 bits per heavy atom. The summed E-state index contributed by atoms with van der Waals surface area (Å²) in [6, 6.07) is 5.07. The molecule has 0 spiro atoms. The van der Waals surface area contributed by atoms with Crippen LogP contribution in [0.2, 0.25) is 0 Å². The van der Waals surface area contributed by atoms with Gasteiger partial charge in [0.25, 0.3) is 0 Å². The van der Waals surface area contributed by atoms with Crippen LogP contribution < -0.4 is 10.9 Å². The van der Waals surface area contributed by atoms with E-state index < -0.39 is 6.17 Å². The average molecular weight is 469 g/mol. The van der Waals surface area contributed by atoms with Crippen molar-refractivity contribution in [1.82, 2.24) is 30.6 Å². The number of nitrogens with one attached hydrogen (secondary N) is 3. The third-order valence-corrected chi connectivity index (χ3v) is 7.83. The van der Waals surface area contributed by atoms with Crippen molar-refractivity contribution >= 4 is 5.57 Å². The van der Waals surface area contributed by atoms with Gasteiger partial charge >= 0.3 is 0 Å². The van der Waals surface area contributed by atoms with Crippen molar-refractivity contribution < 1.29 is 9.50 Å². The summed E-state index contributed by atoms with van der Waals surface area (Å²) >= 11 is 0. The number of aryl methyl sites for hydroxylation is 1. The highest BCUT2D eigenvalue weighted by Crippen LogP contribution is 2.45. The molecule has 34 heavy (non-hydrogen) atoms. The van der Waals surface area contributed by atoms with E-state index in [4.69, 9.17) is 4.98 Å². The van der Waals surface area contributed by atoms with E-state index in [0.717, 1.165) is 68.1 Å². The summed E-state index contributed by atoms with van der Waals surface area (Å²) in [6.45, 7) is 6.04. The molecule has 7 nitrogen and oxygen atoms in total. The van der Waals surface area contributed by atoms with Crippen LogP contribution in [0.1, 0.15) is 54.4 Å². The van der Waals surface area contributed by atoms with Crippen molar-refractivity contribution in [2.24, 2.45) is 5.92 Å². The average Bonchev–Trinajstić information content (AvgIpc) is 3.57. The molecule has 4 N–H and O–H groups in total. The lowest BCUT2D eigenvalue weighted by Gasteiger charge is -2.36. The van der Waals surface area contributed by atoms with E-state index in [1.807, 2.05) is 12.3 Å². The van der Waals surface area contributed by atoms with E-state index in [1.165, 1.54) is 5.57 Å². The van der Waals surface area contributed by atoms with Gasteiger partial charge in [0.1, 0.15) is 17.7 Å². The van der Waals surface area contributed by atoms with Gasteiger partial charge in [-0.25, -0.2) is 14.8 Å². The number of nitrogens with zero attached hydrogens (tertiary/aromatic N) is 3. The largest absolute Gasteiger partial charge is 0.508 e. The first-order chi connectivity index (χ1) is 16.4. The van der Waals surface area contributed by atoms with Gasteiger partial charge < -0.3 is 15.0 Å². The maximum Gasteiger partial charge on any atom is 0.125 e. The van der Waals surface area contributed by atoms with E-state index in [1.54, 1.807) is 12.1 Å². The number of imidazole rings is 1. The van der Waals surface area contributed by atoms with Crippen molar-refractivity contribution in [2.75, 3.05) is 40.3 Å². The van der Waals surface area contributed by atoms with Crippen molar-refractivity contribution in [3.8, 4) is 5.75 Å². The van der Waals surface area contributed by atoms with Gasteiger partial charge in [-0.1, -0.05) is 19.1 Å². The van der Waals surface area contributed by atoms with E-state index in [9.17, 15) is 5.11 Å². The maximum absolute atomic E-state index is 15.8. The van der Waals surface area contributed by atoms with Crippen molar-refractivity contribution in [1.29, 1.82) is 0 Å². The van der Waals surface area contributed by atoms with Crippen LogP contribution in [-0.4, -0.2) is 77.4 Å². The zero-order valence-corrected chi connectivity index (χ0v) is 20.4. The second-order valence-corrected chi connectivity index (χ2v) is 10.3. The van der Waals surface area contributed by atoms with Crippen LogP contribution in [0.5, 0.6) is 5.75 Å². The van der Waals surface area contributed by atoms with E-state index in [0.29, 0.717) is 0 Å². The molecule has 8 heteroatoms. The Morgan fingerprint density at radius 2 is 2.09 bits per heavy atom. The Labute approximate surface area is 201 Å². The third-order valence-electron chi connectivity index (χ3n) is 7.83. The molecule has 5 rings (SSSR count). The second-order valence-electron chi connectivity index (χ2n) is 10.3. The molecule has 0 bridgehead atoms. The number of aromatic hydroxyl groups is 1. The predicted octanol–water partition coefficient (Wildman–Crippen LogP) is 2.99. The van der Waals surface area contributed by atoms with Gasteiger partial charge in [-0.3, -0.25) is 10.3 Å². The van der Waals surface area contributed by atoms with Crippen molar-refractivity contribution in [3.05, 3.63) is 53.1 Å². The number of H-pyrrole nitrogens is 1. The lowest BCUT2D eigenvalue weighted by atomic mass is 9.71. The number of hydrazine groups is 1.